The lowest BCUT2D eigenvalue weighted by atomic mass is 10.2. The van der Waals surface area contributed by atoms with Crippen molar-refractivity contribution in [2.45, 2.75) is 0 Å². The van der Waals surface area contributed by atoms with E-state index in [2.05, 4.69) is 5.32 Å². The normalized spacial score (nSPS) is 13.2. The molecule has 3 N–H and O–H groups in total. The second-order valence-electron chi connectivity index (χ2n) is 5.17. The highest BCUT2D eigenvalue weighted by Crippen LogP contribution is 2.33. The fourth-order valence-corrected chi connectivity index (χ4v) is 2.86. The quantitative estimate of drug-likeness (QED) is 0.831. The summed E-state index contributed by atoms with van der Waals surface area (Å²) in [5, 5.41) is 3.71. The van der Waals surface area contributed by atoms with Gasteiger partial charge >= 0.3 is 0 Å². The summed E-state index contributed by atoms with van der Waals surface area (Å²) < 4.78 is 5.58. The third-order valence-electron chi connectivity index (χ3n) is 3.48. The van der Waals surface area contributed by atoms with Crippen molar-refractivity contribution in [3.8, 4) is 5.75 Å². The number of anilines is 3. The Morgan fingerprint density at radius 2 is 2.09 bits per heavy atom. The molecule has 23 heavy (non-hydrogen) atoms. The Balaban J connectivity index is 1.73. The highest BCUT2D eigenvalue weighted by atomic mass is 35.5. The Bertz CT molecular complexity index is 752. The molecule has 5 nitrogen and oxygen atoms in total. The number of nitrogens with one attached hydrogen (secondary N) is 1. The van der Waals surface area contributed by atoms with Gasteiger partial charge < -0.3 is 20.7 Å². The molecule has 0 unspecified atom stereocenters. The van der Waals surface area contributed by atoms with Crippen LogP contribution in [0.2, 0.25) is 10.0 Å². The number of nitrogen functional groups attached to an aromatic ring is 1. The first-order chi connectivity index (χ1) is 11.0. The molecule has 1 aliphatic rings. The summed E-state index contributed by atoms with van der Waals surface area (Å²) >= 11 is 11.9. The standard InChI is InChI=1S/C16H15Cl2N3O2/c17-10-1-3-13(12(18)7-10)20-16(22)9-21-5-6-23-15-4-2-11(19)8-14(15)21/h1-4,7-8H,5-6,9,19H2,(H,20,22). The van der Waals surface area contributed by atoms with Crippen LogP contribution in [-0.2, 0) is 4.79 Å². The SMILES string of the molecule is Nc1ccc2c(c1)N(CC(=O)Nc1ccc(Cl)cc1Cl)CCO2. The second-order valence-corrected chi connectivity index (χ2v) is 6.01. The highest BCUT2D eigenvalue weighted by Gasteiger charge is 2.20. The van der Waals surface area contributed by atoms with Crippen molar-refractivity contribution in [1.82, 2.24) is 0 Å². The number of carbonyl (C=O) groups is 1. The zero-order valence-corrected chi connectivity index (χ0v) is 13.7. The van der Waals surface area contributed by atoms with Crippen LogP contribution in [0, 0.1) is 0 Å². The predicted molar refractivity (Wildman–Crippen MR) is 93.7 cm³/mol. The number of halogens is 2. The molecule has 1 heterocycles. The Morgan fingerprint density at radius 1 is 1.26 bits per heavy atom. The molecule has 1 amide bonds. The van der Waals surface area contributed by atoms with Gasteiger partial charge in [0.05, 0.1) is 29.5 Å². The van der Waals surface area contributed by atoms with E-state index in [0.29, 0.717) is 34.6 Å². The minimum Gasteiger partial charge on any atom is -0.490 e. The number of carbonyl (C=O) groups excluding carboxylic acids is 1. The van der Waals surface area contributed by atoms with Crippen molar-refractivity contribution >= 4 is 46.2 Å². The number of benzene rings is 2. The summed E-state index contributed by atoms with van der Waals surface area (Å²) in [6, 6.07) is 10.3. The van der Waals surface area contributed by atoms with E-state index >= 15 is 0 Å². The molecular weight excluding hydrogens is 337 g/mol. The van der Waals surface area contributed by atoms with E-state index in [0.717, 1.165) is 11.4 Å². The van der Waals surface area contributed by atoms with Gasteiger partial charge in [0.1, 0.15) is 12.4 Å². The maximum atomic E-state index is 12.3. The van der Waals surface area contributed by atoms with Gasteiger partial charge in [-0.3, -0.25) is 4.79 Å². The first-order valence-electron chi connectivity index (χ1n) is 7.05. The predicted octanol–water partition coefficient (Wildman–Crippen LogP) is 3.41. The largest absolute Gasteiger partial charge is 0.490 e. The smallest absolute Gasteiger partial charge is 0.243 e. The van der Waals surface area contributed by atoms with E-state index in [9.17, 15) is 4.79 Å². The van der Waals surface area contributed by atoms with Gasteiger partial charge in [-0.25, -0.2) is 0 Å². The Morgan fingerprint density at radius 3 is 2.87 bits per heavy atom. The average molecular weight is 352 g/mol. The number of nitrogens with zero attached hydrogens (tertiary/aromatic N) is 1. The summed E-state index contributed by atoms with van der Waals surface area (Å²) in [6.07, 6.45) is 0. The summed E-state index contributed by atoms with van der Waals surface area (Å²) in [5.74, 6) is 0.548. The van der Waals surface area contributed by atoms with Gasteiger partial charge in [-0.1, -0.05) is 23.2 Å². The van der Waals surface area contributed by atoms with E-state index in [1.807, 2.05) is 11.0 Å². The van der Waals surface area contributed by atoms with Crippen LogP contribution in [0.5, 0.6) is 5.75 Å². The van der Waals surface area contributed by atoms with Crippen molar-refractivity contribution in [2.75, 3.05) is 35.6 Å². The lowest BCUT2D eigenvalue weighted by Gasteiger charge is -2.30. The topological polar surface area (TPSA) is 67.6 Å². The fourth-order valence-electron chi connectivity index (χ4n) is 2.41. The molecule has 0 fully saturated rings. The van der Waals surface area contributed by atoms with Crippen LogP contribution < -0.4 is 20.7 Å². The Hall–Kier alpha value is -2.11. The molecule has 0 aromatic heterocycles. The van der Waals surface area contributed by atoms with Crippen LogP contribution in [0.15, 0.2) is 36.4 Å². The van der Waals surface area contributed by atoms with Crippen molar-refractivity contribution < 1.29 is 9.53 Å². The molecule has 1 aliphatic heterocycles. The first kappa shape index (κ1) is 15.8. The minimum atomic E-state index is -0.176. The van der Waals surface area contributed by atoms with Gasteiger partial charge in [-0.2, -0.15) is 0 Å². The van der Waals surface area contributed by atoms with Crippen LogP contribution in [0.3, 0.4) is 0 Å². The number of hydrogen-bond acceptors (Lipinski definition) is 4. The van der Waals surface area contributed by atoms with Crippen molar-refractivity contribution in [1.29, 1.82) is 0 Å². The number of fused-ring (bicyclic) bond motifs is 1. The molecule has 0 aliphatic carbocycles. The molecule has 2 aromatic carbocycles. The van der Waals surface area contributed by atoms with E-state index in [1.54, 1.807) is 30.3 Å². The van der Waals surface area contributed by atoms with Gasteiger partial charge in [-0.05, 0) is 36.4 Å². The lowest BCUT2D eigenvalue weighted by Crippen LogP contribution is -2.38. The molecule has 7 heteroatoms. The Kier molecular flexibility index (Phi) is 4.50. The minimum absolute atomic E-state index is 0.176. The van der Waals surface area contributed by atoms with Crippen LogP contribution in [-0.4, -0.2) is 25.6 Å². The maximum absolute atomic E-state index is 12.3. The Labute approximate surface area is 143 Å². The van der Waals surface area contributed by atoms with Crippen LogP contribution >= 0.6 is 23.2 Å². The van der Waals surface area contributed by atoms with E-state index < -0.39 is 0 Å². The first-order valence-corrected chi connectivity index (χ1v) is 7.81. The summed E-state index contributed by atoms with van der Waals surface area (Å²) in [6.45, 7) is 1.31. The van der Waals surface area contributed by atoms with Gasteiger partial charge in [0, 0.05) is 10.7 Å². The summed E-state index contributed by atoms with van der Waals surface area (Å²) in [5.41, 5.74) is 7.79. The number of ether oxygens (including phenoxy) is 1. The summed E-state index contributed by atoms with van der Waals surface area (Å²) in [4.78, 5) is 14.2. The van der Waals surface area contributed by atoms with E-state index in [4.69, 9.17) is 33.7 Å². The van der Waals surface area contributed by atoms with Crippen molar-refractivity contribution in [3.05, 3.63) is 46.4 Å². The van der Waals surface area contributed by atoms with Gasteiger partial charge in [0.2, 0.25) is 5.91 Å². The molecule has 0 spiro atoms. The van der Waals surface area contributed by atoms with E-state index in [-0.39, 0.29) is 12.5 Å². The highest BCUT2D eigenvalue weighted by molar-refractivity contribution is 6.36. The van der Waals surface area contributed by atoms with Crippen LogP contribution in [0.25, 0.3) is 0 Å². The monoisotopic (exact) mass is 351 g/mol. The average Bonchev–Trinajstić information content (AvgIpc) is 2.51. The number of nitrogens with two attached hydrogens (primary N) is 1. The molecule has 0 bridgehead atoms. The molecule has 0 saturated heterocycles. The second kappa shape index (κ2) is 6.56. The molecular formula is C16H15Cl2N3O2. The third kappa shape index (κ3) is 3.63. The molecule has 3 rings (SSSR count). The van der Waals surface area contributed by atoms with E-state index in [1.165, 1.54) is 0 Å². The fraction of sp³-hybridized carbons (Fsp3) is 0.188. The van der Waals surface area contributed by atoms with Crippen LogP contribution in [0.4, 0.5) is 17.1 Å². The zero-order valence-electron chi connectivity index (χ0n) is 12.2. The van der Waals surface area contributed by atoms with Crippen molar-refractivity contribution in [3.63, 3.8) is 0 Å². The van der Waals surface area contributed by atoms with Gasteiger partial charge in [0.25, 0.3) is 0 Å². The lowest BCUT2D eigenvalue weighted by molar-refractivity contribution is -0.115. The number of rotatable bonds is 3. The third-order valence-corrected chi connectivity index (χ3v) is 4.03. The molecule has 0 radical (unpaired) electrons. The van der Waals surface area contributed by atoms with Gasteiger partial charge in [-0.15, -0.1) is 0 Å². The van der Waals surface area contributed by atoms with Gasteiger partial charge in [0.15, 0.2) is 0 Å². The summed E-state index contributed by atoms with van der Waals surface area (Å²) in [7, 11) is 0. The number of amides is 1. The molecule has 0 atom stereocenters. The molecule has 2 aromatic rings. The van der Waals surface area contributed by atoms with Crippen LogP contribution in [0.1, 0.15) is 0 Å². The molecule has 120 valence electrons. The zero-order chi connectivity index (χ0) is 16.4. The number of hydrogen-bond donors (Lipinski definition) is 2. The molecule has 0 saturated carbocycles. The maximum Gasteiger partial charge on any atom is 0.243 e. The van der Waals surface area contributed by atoms with Crippen molar-refractivity contribution in [2.24, 2.45) is 0 Å².